The van der Waals surface area contributed by atoms with Crippen LogP contribution >= 0.6 is 0 Å². The van der Waals surface area contributed by atoms with Crippen LogP contribution in [-0.2, 0) is 6.18 Å². The molecule has 1 aromatic carbocycles. The van der Waals surface area contributed by atoms with Gasteiger partial charge in [0.1, 0.15) is 0 Å². The molecular formula is C17H17F3N2O3. The lowest BCUT2D eigenvalue weighted by molar-refractivity contribution is -0.141. The molecule has 0 aliphatic carbocycles. The van der Waals surface area contributed by atoms with Gasteiger partial charge in [0.15, 0.2) is 5.69 Å². The van der Waals surface area contributed by atoms with E-state index in [0.29, 0.717) is 13.1 Å². The van der Waals surface area contributed by atoms with Crippen molar-refractivity contribution in [3.63, 3.8) is 0 Å². The van der Waals surface area contributed by atoms with Crippen LogP contribution in [0.5, 0.6) is 0 Å². The summed E-state index contributed by atoms with van der Waals surface area (Å²) in [4.78, 5) is 16.0. The molecule has 0 amide bonds. The smallest absolute Gasteiger partial charge is 0.437 e. The Bertz CT molecular complexity index is 786. The number of anilines is 1. The van der Waals surface area contributed by atoms with Crippen LogP contribution < -0.4 is 4.90 Å². The molecule has 1 saturated heterocycles. The SMILES string of the molecule is Cc1cccc(C2CCCN(c3nc(C(F)(F)F)c(C(=O)O)o3)C2)c1. The van der Waals surface area contributed by atoms with Crippen molar-refractivity contribution in [2.75, 3.05) is 18.0 Å². The molecule has 1 N–H and O–H groups in total. The Morgan fingerprint density at radius 2 is 2.16 bits per heavy atom. The summed E-state index contributed by atoms with van der Waals surface area (Å²) in [5, 5.41) is 8.95. The van der Waals surface area contributed by atoms with E-state index in [2.05, 4.69) is 4.98 Å². The van der Waals surface area contributed by atoms with E-state index in [-0.39, 0.29) is 11.9 Å². The Labute approximate surface area is 142 Å². The maximum atomic E-state index is 13.0. The van der Waals surface area contributed by atoms with E-state index in [1.54, 1.807) is 4.90 Å². The zero-order valence-electron chi connectivity index (χ0n) is 13.5. The number of oxazole rings is 1. The van der Waals surface area contributed by atoms with Crippen LogP contribution in [0.3, 0.4) is 0 Å². The van der Waals surface area contributed by atoms with Crippen LogP contribution in [0.4, 0.5) is 19.2 Å². The van der Waals surface area contributed by atoms with Crippen LogP contribution in [0.15, 0.2) is 28.7 Å². The number of nitrogens with zero attached hydrogens (tertiary/aromatic N) is 2. The standard InChI is InChI=1S/C17H17F3N2O3/c1-10-4-2-5-11(8-10)12-6-3-7-22(9-12)16-21-14(17(18,19)20)13(25-16)15(23)24/h2,4-5,8,12H,3,6-7,9H2,1H3,(H,23,24). The van der Waals surface area contributed by atoms with Crippen molar-refractivity contribution in [2.45, 2.75) is 31.9 Å². The van der Waals surface area contributed by atoms with Gasteiger partial charge in [-0.15, -0.1) is 0 Å². The number of alkyl halides is 3. The summed E-state index contributed by atoms with van der Waals surface area (Å²) in [5.41, 5.74) is 0.719. The minimum Gasteiger partial charge on any atom is -0.475 e. The third kappa shape index (κ3) is 3.62. The second-order valence-corrected chi connectivity index (χ2v) is 6.18. The molecule has 5 nitrogen and oxygen atoms in total. The average molecular weight is 354 g/mol. The molecule has 1 fully saturated rings. The van der Waals surface area contributed by atoms with Gasteiger partial charge in [0.05, 0.1) is 0 Å². The number of halogens is 3. The molecule has 8 heteroatoms. The average Bonchev–Trinajstić information content (AvgIpc) is 3.01. The number of piperidine rings is 1. The largest absolute Gasteiger partial charge is 0.475 e. The lowest BCUT2D eigenvalue weighted by atomic mass is 9.90. The third-order valence-corrected chi connectivity index (χ3v) is 4.28. The zero-order chi connectivity index (χ0) is 18.2. The van der Waals surface area contributed by atoms with E-state index in [4.69, 9.17) is 9.52 Å². The van der Waals surface area contributed by atoms with E-state index in [1.807, 2.05) is 31.2 Å². The first-order valence-electron chi connectivity index (χ1n) is 7.88. The monoisotopic (exact) mass is 354 g/mol. The molecule has 1 unspecified atom stereocenters. The maximum Gasteiger partial charge on any atom is 0.437 e. The fourth-order valence-corrected chi connectivity index (χ4v) is 3.13. The number of aromatic nitrogens is 1. The van der Waals surface area contributed by atoms with Crippen molar-refractivity contribution in [3.8, 4) is 0 Å². The lowest BCUT2D eigenvalue weighted by Crippen LogP contribution is -2.34. The van der Waals surface area contributed by atoms with Gasteiger partial charge in [-0.1, -0.05) is 29.8 Å². The highest BCUT2D eigenvalue weighted by Gasteiger charge is 2.42. The first-order chi connectivity index (χ1) is 11.8. The molecular weight excluding hydrogens is 337 g/mol. The summed E-state index contributed by atoms with van der Waals surface area (Å²) >= 11 is 0. The van der Waals surface area contributed by atoms with Gasteiger partial charge in [0, 0.05) is 19.0 Å². The highest BCUT2D eigenvalue weighted by Crippen LogP contribution is 2.36. The third-order valence-electron chi connectivity index (χ3n) is 4.28. The molecule has 2 heterocycles. The first-order valence-corrected chi connectivity index (χ1v) is 7.88. The second kappa shape index (κ2) is 6.42. The van der Waals surface area contributed by atoms with E-state index < -0.39 is 23.6 Å². The predicted octanol–water partition coefficient (Wildman–Crippen LogP) is 4.08. The van der Waals surface area contributed by atoms with Gasteiger partial charge in [-0.05, 0) is 25.3 Å². The Morgan fingerprint density at radius 3 is 2.76 bits per heavy atom. The van der Waals surface area contributed by atoms with Crippen LogP contribution in [0.2, 0.25) is 0 Å². The zero-order valence-corrected chi connectivity index (χ0v) is 13.5. The Hall–Kier alpha value is -2.51. The van der Waals surface area contributed by atoms with Crippen molar-refractivity contribution in [3.05, 3.63) is 46.8 Å². The minimum atomic E-state index is -4.87. The number of carboxylic acid groups (broad SMARTS) is 1. The Kier molecular flexibility index (Phi) is 4.45. The quantitative estimate of drug-likeness (QED) is 0.899. The molecule has 1 atom stereocenters. The molecule has 25 heavy (non-hydrogen) atoms. The first kappa shape index (κ1) is 17.3. The highest BCUT2D eigenvalue weighted by atomic mass is 19.4. The van der Waals surface area contributed by atoms with E-state index in [9.17, 15) is 18.0 Å². The number of aromatic carboxylic acids is 1. The summed E-state index contributed by atoms with van der Waals surface area (Å²) < 4.78 is 43.9. The molecule has 134 valence electrons. The van der Waals surface area contributed by atoms with Gasteiger partial charge >= 0.3 is 12.1 Å². The normalized spacial score (nSPS) is 18.4. The van der Waals surface area contributed by atoms with Gasteiger partial charge in [-0.3, -0.25) is 0 Å². The summed E-state index contributed by atoms with van der Waals surface area (Å²) in [6.07, 6.45) is -3.22. The van der Waals surface area contributed by atoms with Crippen molar-refractivity contribution in [1.29, 1.82) is 0 Å². The molecule has 0 radical (unpaired) electrons. The van der Waals surface area contributed by atoms with Crippen molar-refractivity contribution < 1.29 is 27.5 Å². The molecule has 0 saturated carbocycles. The topological polar surface area (TPSA) is 66.6 Å². The lowest BCUT2D eigenvalue weighted by Gasteiger charge is -2.32. The van der Waals surface area contributed by atoms with E-state index in [0.717, 1.165) is 24.0 Å². The van der Waals surface area contributed by atoms with Gasteiger partial charge in [-0.2, -0.15) is 18.2 Å². The van der Waals surface area contributed by atoms with E-state index >= 15 is 0 Å². The number of aryl methyl sites for hydroxylation is 1. The van der Waals surface area contributed by atoms with Crippen LogP contribution in [0.1, 0.15) is 46.1 Å². The van der Waals surface area contributed by atoms with Crippen LogP contribution in [-0.4, -0.2) is 29.1 Å². The summed E-state index contributed by atoms with van der Waals surface area (Å²) in [5.74, 6) is -2.82. The van der Waals surface area contributed by atoms with Gasteiger partial charge in [0.25, 0.3) is 6.01 Å². The van der Waals surface area contributed by atoms with Crippen molar-refractivity contribution in [2.24, 2.45) is 0 Å². The summed E-state index contributed by atoms with van der Waals surface area (Å²) in [6.45, 7) is 2.88. The fourth-order valence-electron chi connectivity index (χ4n) is 3.13. The number of rotatable bonds is 3. The molecule has 1 aliphatic rings. The maximum absolute atomic E-state index is 13.0. The number of benzene rings is 1. The Balaban J connectivity index is 1.88. The molecule has 2 aromatic rings. The van der Waals surface area contributed by atoms with Crippen molar-refractivity contribution >= 4 is 12.0 Å². The Morgan fingerprint density at radius 1 is 1.40 bits per heavy atom. The number of hydrogen-bond donors (Lipinski definition) is 1. The van der Waals surface area contributed by atoms with Crippen molar-refractivity contribution in [1.82, 2.24) is 4.98 Å². The van der Waals surface area contributed by atoms with Gasteiger partial charge in [-0.25, -0.2) is 4.79 Å². The number of carboxylic acids is 1. The molecule has 1 aromatic heterocycles. The molecule has 0 bridgehead atoms. The summed E-state index contributed by atoms with van der Waals surface area (Å²) in [6, 6.07) is 7.67. The predicted molar refractivity (Wildman–Crippen MR) is 83.8 cm³/mol. The molecule has 0 spiro atoms. The minimum absolute atomic E-state index is 0.128. The van der Waals surface area contributed by atoms with Gasteiger partial charge < -0.3 is 14.4 Å². The highest BCUT2D eigenvalue weighted by molar-refractivity contribution is 5.86. The molecule has 1 aliphatic heterocycles. The van der Waals surface area contributed by atoms with Crippen LogP contribution in [0.25, 0.3) is 0 Å². The van der Waals surface area contributed by atoms with Gasteiger partial charge in [0.2, 0.25) is 5.76 Å². The number of hydrogen-bond acceptors (Lipinski definition) is 4. The fraction of sp³-hybridized carbons (Fsp3) is 0.412. The van der Waals surface area contributed by atoms with Crippen LogP contribution in [0, 0.1) is 6.92 Å². The molecule has 3 rings (SSSR count). The second-order valence-electron chi connectivity index (χ2n) is 6.18. The number of carbonyl (C=O) groups is 1. The van der Waals surface area contributed by atoms with E-state index in [1.165, 1.54) is 0 Å². The summed E-state index contributed by atoms with van der Waals surface area (Å²) in [7, 11) is 0.